The van der Waals surface area contributed by atoms with Crippen LogP contribution in [-0.4, -0.2) is 46.4 Å². The van der Waals surface area contributed by atoms with E-state index in [9.17, 15) is 22.8 Å². The zero-order valence-electron chi connectivity index (χ0n) is 19.1. The fourth-order valence-corrected chi connectivity index (χ4v) is 3.52. The number of halogens is 3. The highest BCUT2D eigenvalue weighted by atomic mass is 19.4. The van der Waals surface area contributed by atoms with Crippen LogP contribution in [0, 0.1) is 0 Å². The number of hydrogen-bond acceptors (Lipinski definition) is 8. The zero-order valence-corrected chi connectivity index (χ0v) is 19.1. The predicted molar refractivity (Wildman–Crippen MR) is 122 cm³/mol. The first kappa shape index (κ1) is 24.5. The predicted octanol–water partition coefficient (Wildman–Crippen LogP) is 2.48. The second kappa shape index (κ2) is 9.56. The van der Waals surface area contributed by atoms with Gasteiger partial charge in [-0.15, -0.1) is 0 Å². The Hall–Kier alpha value is -4.62. The van der Waals surface area contributed by atoms with Gasteiger partial charge in [0, 0.05) is 25.6 Å². The Labute approximate surface area is 202 Å². The van der Waals surface area contributed by atoms with Crippen molar-refractivity contribution in [1.29, 1.82) is 0 Å². The molecule has 0 aliphatic carbocycles. The summed E-state index contributed by atoms with van der Waals surface area (Å²) in [4.78, 5) is 43.5. The summed E-state index contributed by atoms with van der Waals surface area (Å²) < 4.78 is 40.2. The average Bonchev–Trinajstić information content (AvgIpc) is 3.26. The summed E-state index contributed by atoms with van der Waals surface area (Å²) >= 11 is 0. The first-order valence-corrected chi connectivity index (χ1v) is 10.5. The summed E-state index contributed by atoms with van der Waals surface area (Å²) in [6, 6.07) is 2.77. The molecule has 36 heavy (non-hydrogen) atoms. The first-order valence-electron chi connectivity index (χ1n) is 10.5. The average molecular weight is 499 g/mol. The number of nitrogen functional groups attached to an aromatic ring is 1. The number of carbonyl (C=O) groups is 2. The minimum atomic E-state index is -4.56. The molecule has 1 atom stereocenters. The number of anilines is 2. The van der Waals surface area contributed by atoms with Gasteiger partial charge in [0.05, 0.1) is 52.8 Å². The van der Waals surface area contributed by atoms with Gasteiger partial charge in [0.25, 0.3) is 0 Å². The van der Waals surface area contributed by atoms with E-state index < -0.39 is 29.6 Å². The molecule has 0 aliphatic heterocycles. The van der Waals surface area contributed by atoms with Crippen LogP contribution in [0.2, 0.25) is 0 Å². The van der Waals surface area contributed by atoms with Crippen LogP contribution in [0.15, 0.2) is 49.2 Å². The van der Waals surface area contributed by atoms with E-state index in [1.54, 1.807) is 20.0 Å². The van der Waals surface area contributed by atoms with Crippen LogP contribution in [0.3, 0.4) is 0 Å². The van der Waals surface area contributed by atoms with Gasteiger partial charge in [-0.05, 0) is 25.1 Å². The topological polar surface area (TPSA) is 145 Å². The highest BCUT2D eigenvalue weighted by molar-refractivity contribution is 6.40. The Kier molecular flexibility index (Phi) is 6.51. The molecule has 4 aromatic rings. The van der Waals surface area contributed by atoms with Crippen LogP contribution in [0.5, 0.6) is 0 Å². The quantitative estimate of drug-likeness (QED) is 0.399. The lowest BCUT2D eigenvalue weighted by Crippen LogP contribution is -2.41. The maximum absolute atomic E-state index is 13.3. The number of amides is 2. The maximum atomic E-state index is 13.3. The number of aryl methyl sites for hydroxylation is 1. The van der Waals surface area contributed by atoms with Crippen molar-refractivity contribution in [2.45, 2.75) is 25.7 Å². The number of carbonyl (C=O) groups excluding carboxylic acids is 2. The van der Waals surface area contributed by atoms with Gasteiger partial charge in [0.2, 0.25) is 0 Å². The number of hydrogen-bond donors (Lipinski definition) is 2. The van der Waals surface area contributed by atoms with E-state index in [-0.39, 0.29) is 29.6 Å². The Bertz CT molecular complexity index is 1410. The lowest BCUT2D eigenvalue weighted by Gasteiger charge is -2.27. The Morgan fingerprint density at radius 1 is 1.11 bits per heavy atom. The van der Waals surface area contributed by atoms with Gasteiger partial charge < -0.3 is 16.0 Å². The molecule has 0 fully saturated rings. The van der Waals surface area contributed by atoms with Gasteiger partial charge in [0.1, 0.15) is 11.6 Å². The van der Waals surface area contributed by atoms with Crippen molar-refractivity contribution >= 4 is 34.2 Å². The molecule has 3 N–H and O–H groups in total. The van der Waals surface area contributed by atoms with Crippen LogP contribution in [0.4, 0.5) is 24.7 Å². The monoisotopic (exact) mass is 499 g/mol. The van der Waals surface area contributed by atoms with Crippen molar-refractivity contribution in [3.8, 4) is 0 Å². The first-order chi connectivity index (χ1) is 17.1. The Balaban J connectivity index is 1.63. The minimum absolute atomic E-state index is 0.134. The zero-order chi connectivity index (χ0) is 26.0. The van der Waals surface area contributed by atoms with Crippen molar-refractivity contribution in [2.75, 3.05) is 11.1 Å². The van der Waals surface area contributed by atoms with Crippen LogP contribution in [0.1, 0.15) is 30.0 Å². The third-order valence-corrected chi connectivity index (χ3v) is 5.42. The van der Waals surface area contributed by atoms with E-state index in [2.05, 4.69) is 30.4 Å². The number of pyridine rings is 2. The van der Waals surface area contributed by atoms with Gasteiger partial charge in [0.15, 0.2) is 0 Å². The fraction of sp³-hybridized carbons (Fsp3) is 0.227. The van der Waals surface area contributed by atoms with Crippen molar-refractivity contribution in [2.24, 2.45) is 7.05 Å². The maximum Gasteiger partial charge on any atom is 0.417 e. The second-order valence-electron chi connectivity index (χ2n) is 7.79. The molecular weight excluding hydrogens is 479 g/mol. The largest absolute Gasteiger partial charge is 0.417 e. The molecule has 4 heterocycles. The minimum Gasteiger partial charge on any atom is -0.383 e. The van der Waals surface area contributed by atoms with Crippen molar-refractivity contribution in [3.63, 3.8) is 0 Å². The van der Waals surface area contributed by atoms with Gasteiger partial charge in [-0.3, -0.25) is 19.3 Å². The highest BCUT2D eigenvalue weighted by Gasteiger charge is 2.32. The molecule has 14 heteroatoms. The highest BCUT2D eigenvalue weighted by Crippen LogP contribution is 2.29. The van der Waals surface area contributed by atoms with E-state index in [1.807, 2.05) is 0 Å². The third kappa shape index (κ3) is 4.92. The van der Waals surface area contributed by atoms with E-state index in [0.29, 0.717) is 17.1 Å². The molecule has 0 bridgehead atoms. The van der Waals surface area contributed by atoms with Crippen LogP contribution >= 0.6 is 0 Å². The lowest BCUT2D eigenvalue weighted by atomic mass is 10.2. The summed E-state index contributed by atoms with van der Waals surface area (Å²) in [6.45, 7) is 1.32. The van der Waals surface area contributed by atoms with Gasteiger partial charge in [-0.2, -0.15) is 18.3 Å². The standard InChI is InChI=1S/C22H20F3N9O2/c1-12(19-27-6-3-7-28-19)34(11-14-5-4-13(8-29-14)22(23,24)25)21(36)20(35)32-16-10-30-18(26)15-9-31-33(2)17(15)16/h3-10,12H,11H2,1-2H3,(H2,26,30)(H,32,35)/t12-/m1/s1. The summed E-state index contributed by atoms with van der Waals surface area (Å²) in [7, 11) is 1.64. The molecule has 4 aromatic heterocycles. The van der Waals surface area contributed by atoms with Crippen LogP contribution < -0.4 is 11.1 Å². The van der Waals surface area contributed by atoms with Gasteiger partial charge in [-0.1, -0.05) is 0 Å². The Morgan fingerprint density at radius 2 is 1.83 bits per heavy atom. The van der Waals surface area contributed by atoms with E-state index in [0.717, 1.165) is 17.0 Å². The van der Waals surface area contributed by atoms with Gasteiger partial charge >= 0.3 is 18.0 Å². The number of rotatable bonds is 5. The molecule has 2 amide bonds. The molecular formula is C22H20F3N9O2. The molecule has 11 nitrogen and oxygen atoms in total. The fourth-order valence-electron chi connectivity index (χ4n) is 3.52. The molecule has 0 aromatic carbocycles. The SMILES string of the molecule is C[C@H](c1ncccn1)N(Cc1ccc(C(F)(F)F)cn1)C(=O)C(=O)Nc1cnc(N)c2cnn(C)c12. The van der Waals surface area contributed by atoms with Crippen LogP contribution in [-0.2, 0) is 29.4 Å². The number of aromatic nitrogens is 6. The van der Waals surface area contributed by atoms with Gasteiger partial charge in [-0.25, -0.2) is 15.0 Å². The van der Waals surface area contributed by atoms with Crippen LogP contribution in [0.25, 0.3) is 10.9 Å². The Morgan fingerprint density at radius 3 is 2.47 bits per heavy atom. The van der Waals surface area contributed by atoms with Crippen molar-refractivity contribution in [3.05, 3.63) is 66.3 Å². The number of nitrogens with zero attached hydrogens (tertiary/aromatic N) is 7. The normalized spacial score (nSPS) is 12.4. The molecule has 0 unspecified atom stereocenters. The second-order valence-corrected chi connectivity index (χ2v) is 7.79. The molecule has 186 valence electrons. The summed E-state index contributed by atoms with van der Waals surface area (Å²) in [6.07, 6.45) is 1.83. The summed E-state index contributed by atoms with van der Waals surface area (Å²) in [5.74, 6) is -1.57. The van der Waals surface area contributed by atoms with Crippen molar-refractivity contribution in [1.82, 2.24) is 34.6 Å². The number of nitrogens with one attached hydrogen (secondary N) is 1. The van der Waals surface area contributed by atoms with Crippen molar-refractivity contribution < 1.29 is 22.8 Å². The van der Waals surface area contributed by atoms with E-state index in [1.165, 1.54) is 29.5 Å². The number of alkyl halides is 3. The number of fused-ring (bicyclic) bond motifs is 1. The molecule has 0 radical (unpaired) electrons. The molecule has 0 saturated carbocycles. The number of nitrogens with two attached hydrogens (primary N) is 1. The molecule has 0 aliphatic rings. The molecule has 0 saturated heterocycles. The summed E-state index contributed by atoms with van der Waals surface area (Å²) in [5.41, 5.74) is 5.72. The lowest BCUT2D eigenvalue weighted by molar-refractivity contribution is -0.145. The molecule has 4 rings (SSSR count). The third-order valence-electron chi connectivity index (χ3n) is 5.42. The molecule has 0 spiro atoms. The van der Waals surface area contributed by atoms with E-state index in [4.69, 9.17) is 5.73 Å². The van der Waals surface area contributed by atoms with E-state index >= 15 is 0 Å². The smallest absolute Gasteiger partial charge is 0.383 e. The summed E-state index contributed by atoms with van der Waals surface area (Å²) in [5, 5.41) is 7.10.